The van der Waals surface area contributed by atoms with Gasteiger partial charge in [0, 0.05) is 31.6 Å². The van der Waals surface area contributed by atoms with Crippen LogP contribution in [0.1, 0.15) is 52.9 Å². The molecule has 1 saturated carbocycles. The minimum absolute atomic E-state index is 0.0558. The average Bonchev–Trinajstić information content (AvgIpc) is 2.59. The molecular weight excluding hydrogens is 346 g/mol. The third-order valence-corrected chi connectivity index (χ3v) is 5.25. The zero-order valence-electron chi connectivity index (χ0n) is 16.7. The summed E-state index contributed by atoms with van der Waals surface area (Å²) in [6.45, 7) is 7.83. The van der Waals surface area contributed by atoms with E-state index in [1.807, 2.05) is 13.8 Å². The molecule has 0 amide bonds. The molecule has 0 bridgehead atoms. The van der Waals surface area contributed by atoms with E-state index in [4.69, 9.17) is 10.5 Å². The van der Waals surface area contributed by atoms with Crippen LogP contribution in [0.3, 0.4) is 0 Å². The van der Waals surface area contributed by atoms with Crippen molar-refractivity contribution in [1.29, 1.82) is 0 Å². The quantitative estimate of drug-likeness (QED) is 0.326. The van der Waals surface area contributed by atoms with Gasteiger partial charge in [-0.3, -0.25) is 9.59 Å². The van der Waals surface area contributed by atoms with E-state index in [9.17, 15) is 14.4 Å². The van der Waals surface area contributed by atoms with Crippen LogP contribution < -0.4 is 16.4 Å². The summed E-state index contributed by atoms with van der Waals surface area (Å²) in [5, 5.41) is 6.69. The Bertz CT molecular complexity index is 572. The van der Waals surface area contributed by atoms with Crippen LogP contribution in [0.4, 0.5) is 0 Å². The predicted molar refractivity (Wildman–Crippen MR) is 103 cm³/mol. The molecule has 7 nitrogen and oxygen atoms in total. The summed E-state index contributed by atoms with van der Waals surface area (Å²) in [6.07, 6.45) is 3.56. The number of allylic oxidation sites excluding steroid dienone is 2. The van der Waals surface area contributed by atoms with Gasteiger partial charge in [-0.2, -0.15) is 0 Å². The van der Waals surface area contributed by atoms with Gasteiger partial charge >= 0.3 is 0 Å². The molecule has 152 valence electrons. The SMILES string of the molecule is CC(NC(CCCC(N)C=O)C1CNCCO1)=C1C(=O)CC(C)(C)CC1=O. The number of morpholine rings is 1. The normalized spacial score (nSPS) is 25.0. The highest BCUT2D eigenvalue weighted by atomic mass is 16.5. The molecule has 1 heterocycles. The van der Waals surface area contributed by atoms with Gasteiger partial charge in [0.1, 0.15) is 6.29 Å². The van der Waals surface area contributed by atoms with Crippen molar-refractivity contribution >= 4 is 17.9 Å². The molecular formula is C20H33N3O4. The van der Waals surface area contributed by atoms with Crippen LogP contribution in [0.25, 0.3) is 0 Å². The lowest BCUT2D eigenvalue weighted by Gasteiger charge is -2.34. The summed E-state index contributed by atoms with van der Waals surface area (Å²) < 4.78 is 5.88. The van der Waals surface area contributed by atoms with Crippen LogP contribution in [0, 0.1) is 5.41 Å². The van der Waals surface area contributed by atoms with Crippen LogP contribution in [0.15, 0.2) is 11.3 Å². The predicted octanol–water partition coefficient (Wildman–Crippen LogP) is 0.862. The molecule has 0 radical (unpaired) electrons. The second-order valence-corrected chi connectivity index (χ2v) is 8.46. The van der Waals surface area contributed by atoms with Gasteiger partial charge in [-0.05, 0) is 31.6 Å². The Morgan fingerprint density at radius 3 is 2.56 bits per heavy atom. The zero-order valence-corrected chi connectivity index (χ0v) is 16.7. The average molecular weight is 380 g/mol. The van der Waals surface area contributed by atoms with Crippen molar-refractivity contribution in [2.75, 3.05) is 19.7 Å². The Morgan fingerprint density at radius 2 is 2.00 bits per heavy atom. The number of ketones is 2. The molecule has 2 rings (SSSR count). The maximum absolute atomic E-state index is 12.5. The first-order chi connectivity index (χ1) is 12.7. The van der Waals surface area contributed by atoms with Crippen LogP contribution in [0.2, 0.25) is 0 Å². The summed E-state index contributed by atoms with van der Waals surface area (Å²) in [6, 6.07) is -0.515. The van der Waals surface area contributed by atoms with E-state index >= 15 is 0 Å². The summed E-state index contributed by atoms with van der Waals surface area (Å²) in [5.74, 6) is -0.184. The first-order valence-corrected chi connectivity index (χ1v) is 9.80. The molecule has 4 N–H and O–H groups in total. The van der Waals surface area contributed by atoms with Crippen molar-refractivity contribution < 1.29 is 19.1 Å². The van der Waals surface area contributed by atoms with Gasteiger partial charge in [-0.15, -0.1) is 0 Å². The van der Waals surface area contributed by atoms with E-state index in [0.29, 0.717) is 43.7 Å². The number of aldehydes is 1. The number of nitrogens with one attached hydrogen (secondary N) is 2. The van der Waals surface area contributed by atoms with Gasteiger partial charge in [0.25, 0.3) is 0 Å². The monoisotopic (exact) mass is 379 g/mol. The van der Waals surface area contributed by atoms with Crippen molar-refractivity contribution in [3.63, 3.8) is 0 Å². The fourth-order valence-electron chi connectivity index (χ4n) is 3.87. The Balaban J connectivity index is 2.11. The van der Waals surface area contributed by atoms with E-state index in [1.165, 1.54) is 0 Å². The third kappa shape index (κ3) is 6.23. The molecule has 0 aromatic carbocycles. The number of rotatable bonds is 8. The van der Waals surface area contributed by atoms with E-state index in [1.54, 1.807) is 6.92 Å². The molecule has 1 aliphatic heterocycles. The largest absolute Gasteiger partial charge is 0.382 e. The number of hydrogen-bond acceptors (Lipinski definition) is 7. The number of carbonyl (C=O) groups excluding carboxylic acids is 3. The van der Waals surface area contributed by atoms with E-state index < -0.39 is 6.04 Å². The Morgan fingerprint density at radius 1 is 1.33 bits per heavy atom. The van der Waals surface area contributed by atoms with Crippen LogP contribution >= 0.6 is 0 Å². The second-order valence-electron chi connectivity index (χ2n) is 8.46. The molecule has 1 aliphatic carbocycles. The molecule has 3 unspecified atom stereocenters. The van der Waals surface area contributed by atoms with E-state index in [2.05, 4.69) is 10.6 Å². The number of nitrogens with two attached hydrogens (primary N) is 1. The van der Waals surface area contributed by atoms with Crippen molar-refractivity contribution in [2.24, 2.45) is 11.1 Å². The molecule has 7 heteroatoms. The zero-order chi connectivity index (χ0) is 20.0. The molecule has 0 aromatic rings. The molecule has 2 fully saturated rings. The van der Waals surface area contributed by atoms with E-state index in [-0.39, 0.29) is 29.1 Å². The fourth-order valence-corrected chi connectivity index (χ4v) is 3.87. The number of Topliss-reactive ketones (excluding diaryl/α,β-unsaturated/α-hetero) is 2. The number of carbonyl (C=O) groups is 3. The lowest BCUT2D eigenvalue weighted by Crippen LogP contribution is -2.51. The van der Waals surface area contributed by atoms with Gasteiger partial charge in [0.15, 0.2) is 11.6 Å². The minimum atomic E-state index is -0.459. The van der Waals surface area contributed by atoms with Crippen molar-refractivity contribution in [3.8, 4) is 0 Å². The Labute approximate surface area is 161 Å². The fraction of sp³-hybridized carbons (Fsp3) is 0.750. The third-order valence-electron chi connectivity index (χ3n) is 5.25. The van der Waals surface area contributed by atoms with Gasteiger partial charge in [-0.1, -0.05) is 13.8 Å². The second kappa shape index (κ2) is 9.57. The number of hydrogen-bond donors (Lipinski definition) is 3. The highest BCUT2D eigenvalue weighted by molar-refractivity contribution is 6.22. The van der Waals surface area contributed by atoms with Crippen molar-refractivity contribution in [1.82, 2.24) is 10.6 Å². The molecule has 0 spiro atoms. The first-order valence-electron chi connectivity index (χ1n) is 9.80. The van der Waals surface area contributed by atoms with Crippen molar-refractivity contribution in [2.45, 2.75) is 71.1 Å². The summed E-state index contributed by atoms with van der Waals surface area (Å²) in [7, 11) is 0. The maximum atomic E-state index is 12.5. The lowest BCUT2D eigenvalue weighted by molar-refractivity contribution is -0.127. The smallest absolute Gasteiger partial charge is 0.168 e. The summed E-state index contributed by atoms with van der Waals surface area (Å²) >= 11 is 0. The Kier molecular flexibility index (Phi) is 7.70. The summed E-state index contributed by atoms with van der Waals surface area (Å²) in [4.78, 5) is 35.8. The maximum Gasteiger partial charge on any atom is 0.168 e. The van der Waals surface area contributed by atoms with Crippen LogP contribution in [0.5, 0.6) is 0 Å². The Hall–Kier alpha value is -1.57. The van der Waals surface area contributed by atoms with Gasteiger partial charge in [0.05, 0.1) is 30.4 Å². The molecule has 1 saturated heterocycles. The lowest BCUT2D eigenvalue weighted by atomic mass is 9.73. The molecule has 2 aliphatic rings. The van der Waals surface area contributed by atoms with Gasteiger partial charge in [0.2, 0.25) is 0 Å². The standard InChI is InChI=1S/C20H33N3O4/c1-13(19-16(25)9-20(2,3)10-17(19)26)23-15(6-4-5-14(21)12-24)18-11-22-7-8-27-18/h12,14-15,18,22-23H,4-11,21H2,1-3H3. The number of ether oxygens (including phenoxy) is 1. The van der Waals surface area contributed by atoms with Gasteiger partial charge in [-0.25, -0.2) is 0 Å². The molecule has 0 aromatic heterocycles. The topological polar surface area (TPSA) is 111 Å². The van der Waals surface area contributed by atoms with Crippen LogP contribution in [-0.4, -0.2) is 55.7 Å². The highest BCUT2D eigenvalue weighted by Crippen LogP contribution is 2.34. The van der Waals surface area contributed by atoms with Crippen molar-refractivity contribution in [3.05, 3.63) is 11.3 Å². The molecule has 27 heavy (non-hydrogen) atoms. The van der Waals surface area contributed by atoms with Crippen LogP contribution in [-0.2, 0) is 19.1 Å². The first kappa shape index (κ1) is 21.7. The minimum Gasteiger partial charge on any atom is -0.382 e. The van der Waals surface area contributed by atoms with E-state index in [0.717, 1.165) is 25.7 Å². The molecule has 3 atom stereocenters. The summed E-state index contributed by atoms with van der Waals surface area (Å²) in [5.41, 5.74) is 6.33. The van der Waals surface area contributed by atoms with Gasteiger partial charge < -0.3 is 25.9 Å². The highest BCUT2D eigenvalue weighted by Gasteiger charge is 2.37.